The Labute approximate surface area is 78.4 Å². The highest BCUT2D eigenvalue weighted by atomic mass is 15.2. The summed E-state index contributed by atoms with van der Waals surface area (Å²) >= 11 is 0. The van der Waals surface area contributed by atoms with Crippen molar-refractivity contribution in [2.24, 2.45) is 0 Å². The largest absolute Gasteiger partial charge is 0.232 e. The van der Waals surface area contributed by atoms with Crippen molar-refractivity contribution in [3.05, 3.63) is 30.2 Å². The van der Waals surface area contributed by atoms with Crippen molar-refractivity contribution in [1.29, 1.82) is 0 Å². The van der Waals surface area contributed by atoms with Gasteiger partial charge in [0, 0.05) is 6.20 Å². The van der Waals surface area contributed by atoms with E-state index in [0.717, 1.165) is 11.3 Å². The van der Waals surface area contributed by atoms with Gasteiger partial charge < -0.3 is 0 Å². The van der Waals surface area contributed by atoms with Crippen LogP contribution in [0, 0.1) is 6.92 Å². The van der Waals surface area contributed by atoms with Crippen LogP contribution >= 0.6 is 0 Å². The van der Waals surface area contributed by atoms with E-state index < -0.39 is 0 Å². The quantitative estimate of drug-likeness (QED) is 0.618. The molecular weight excluding hydrogens is 162 g/mol. The second-order valence-corrected chi connectivity index (χ2v) is 2.92. The summed E-state index contributed by atoms with van der Waals surface area (Å²) in [5, 5.41) is 4.06. The lowest BCUT2D eigenvalue weighted by Gasteiger charge is -1.85. The van der Waals surface area contributed by atoms with Crippen LogP contribution in [-0.4, -0.2) is 14.6 Å². The minimum Gasteiger partial charge on any atom is -0.232 e. The highest BCUT2D eigenvalue weighted by Gasteiger charge is 1.93. The maximum absolute atomic E-state index is 4.21. The van der Waals surface area contributed by atoms with Gasteiger partial charge in [0.25, 0.3) is 0 Å². The van der Waals surface area contributed by atoms with Gasteiger partial charge in [-0.15, -0.1) is 0 Å². The molecule has 0 aliphatic heterocycles. The predicted octanol–water partition coefficient (Wildman–Crippen LogP) is 2.45. The molecule has 3 heteroatoms. The molecule has 0 saturated heterocycles. The van der Waals surface area contributed by atoms with Gasteiger partial charge in [0.05, 0.1) is 11.9 Å². The van der Waals surface area contributed by atoms with Gasteiger partial charge in [-0.3, -0.25) is 0 Å². The van der Waals surface area contributed by atoms with E-state index in [1.165, 1.54) is 6.42 Å². The molecule has 0 radical (unpaired) electrons. The first-order valence-electron chi connectivity index (χ1n) is 4.55. The molecule has 0 saturated carbocycles. The lowest BCUT2D eigenvalue weighted by atomic mass is 10.6. The third-order valence-corrected chi connectivity index (χ3v) is 1.36. The van der Waals surface area contributed by atoms with Crippen LogP contribution in [0.5, 0.6) is 0 Å². The van der Waals surface area contributed by atoms with Crippen molar-refractivity contribution in [2.45, 2.75) is 27.2 Å². The first-order chi connectivity index (χ1) is 6.27. The highest BCUT2D eigenvalue weighted by Crippen LogP contribution is 1.99. The van der Waals surface area contributed by atoms with Crippen LogP contribution in [0.15, 0.2) is 24.5 Å². The second-order valence-electron chi connectivity index (χ2n) is 2.92. The summed E-state index contributed by atoms with van der Waals surface area (Å²) < 4.78 is 1.76. The van der Waals surface area contributed by atoms with Crippen LogP contribution in [0.3, 0.4) is 0 Å². The van der Waals surface area contributed by atoms with Gasteiger partial charge in [-0.1, -0.05) is 20.3 Å². The molecule has 2 heterocycles. The van der Waals surface area contributed by atoms with Crippen molar-refractivity contribution in [3.8, 4) is 0 Å². The molecule has 0 atom stereocenters. The van der Waals surface area contributed by atoms with E-state index in [1.807, 2.05) is 25.3 Å². The zero-order chi connectivity index (χ0) is 9.68. The summed E-state index contributed by atoms with van der Waals surface area (Å²) in [6.45, 7) is 6.20. The van der Waals surface area contributed by atoms with E-state index in [-0.39, 0.29) is 0 Å². The Morgan fingerprint density at radius 3 is 2.69 bits per heavy atom. The topological polar surface area (TPSA) is 30.2 Å². The average molecular weight is 177 g/mol. The monoisotopic (exact) mass is 177 g/mol. The van der Waals surface area contributed by atoms with Gasteiger partial charge in [-0.25, -0.2) is 9.50 Å². The predicted molar refractivity (Wildman–Crippen MR) is 53.7 cm³/mol. The summed E-state index contributed by atoms with van der Waals surface area (Å²) in [7, 11) is 0. The van der Waals surface area contributed by atoms with Gasteiger partial charge >= 0.3 is 0 Å². The first kappa shape index (κ1) is 9.71. The smallest absolute Gasteiger partial charge is 0.153 e. The number of aryl methyl sites for hydroxylation is 1. The van der Waals surface area contributed by atoms with Gasteiger partial charge in [-0.05, 0) is 19.1 Å². The molecule has 0 amide bonds. The maximum Gasteiger partial charge on any atom is 0.153 e. The minimum atomic E-state index is 0.903. The average Bonchev–Trinajstić information content (AvgIpc) is 2.45. The van der Waals surface area contributed by atoms with Gasteiger partial charge in [0.15, 0.2) is 5.65 Å². The summed E-state index contributed by atoms with van der Waals surface area (Å²) in [5.74, 6) is 0. The molecule has 13 heavy (non-hydrogen) atoms. The third-order valence-electron chi connectivity index (χ3n) is 1.36. The first-order valence-corrected chi connectivity index (χ1v) is 4.55. The SMILES string of the molecule is CCC.Cc1cn2ncccc2n1. The molecule has 2 rings (SSSR count). The lowest BCUT2D eigenvalue weighted by Crippen LogP contribution is -1.85. The molecular formula is C10H15N3. The summed E-state index contributed by atoms with van der Waals surface area (Å²) in [6.07, 6.45) is 4.89. The molecule has 3 nitrogen and oxygen atoms in total. The van der Waals surface area contributed by atoms with E-state index in [2.05, 4.69) is 23.9 Å². The van der Waals surface area contributed by atoms with Crippen LogP contribution in [-0.2, 0) is 0 Å². The van der Waals surface area contributed by atoms with Crippen molar-refractivity contribution < 1.29 is 0 Å². The number of fused-ring (bicyclic) bond motifs is 1. The van der Waals surface area contributed by atoms with E-state index in [0.29, 0.717) is 0 Å². The van der Waals surface area contributed by atoms with E-state index in [9.17, 15) is 0 Å². The normalized spacial score (nSPS) is 9.46. The summed E-state index contributed by atoms with van der Waals surface area (Å²) in [4.78, 5) is 4.21. The Balaban J connectivity index is 0.000000251. The Bertz CT molecular complexity index is 332. The standard InChI is InChI=1S/C7H7N3.C3H8/c1-6-5-10-7(9-6)3-2-4-8-10;1-3-2/h2-5H,1H3;3H2,1-2H3. The number of hydrogen-bond acceptors (Lipinski definition) is 2. The second kappa shape index (κ2) is 4.60. The van der Waals surface area contributed by atoms with Crippen LogP contribution in [0.2, 0.25) is 0 Å². The fourth-order valence-corrected chi connectivity index (χ4v) is 0.949. The van der Waals surface area contributed by atoms with Crippen LogP contribution in [0.25, 0.3) is 5.65 Å². The molecule has 0 spiro atoms. The fourth-order valence-electron chi connectivity index (χ4n) is 0.949. The molecule has 0 aliphatic rings. The van der Waals surface area contributed by atoms with Crippen molar-refractivity contribution in [3.63, 3.8) is 0 Å². The van der Waals surface area contributed by atoms with Gasteiger partial charge in [0.2, 0.25) is 0 Å². The van der Waals surface area contributed by atoms with Crippen molar-refractivity contribution in [1.82, 2.24) is 14.6 Å². The van der Waals surface area contributed by atoms with E-state index in [4.69, 9.17) is 0 Å². The number of hydrogen-bond donors (Lipinski definition) is 0. The molecule has 2 aromatic heterocycles. The van der Waals surface area contributed by atoms with Crippen molar-refractivity contribution in [2.75, 3.05) is 0 Å². The number of aromatic nitrogens is 3. The molecule has 0 aliphatic carbocycles. The number of rotatable bonds is 0. The molecule has 0 aromatic carbocycles. The molecule has 0 unspecified atom stereocenters. The van der Waals surface area contributed by atoms with E-state index >= 15 is 0 Å². The Hall–Kier alpha value is -1.38. The summed E-state index contributed by atoms with van der Waals surface area (Å²) in [6, 6.07) is 3.81. The van der Waals surface area contributed by atoms with E-state index in [1.54, 1.807) is 10.7 Å². The van der Waals surface area contributed by atoms with Crippen LogP contribution in [0.1, 0.15) is 26.0 Å². The zero-order valence-electron chi connectivity index (χ0n) is 8.36. The Kier molecular flexibility index (Phi) is 3.43. The fraction of sp³-hybridized carbons (Fsp3) is 0.400. The Morgan fingerprint density at radius 1 is 1.38 bits per heavy atom. The minimum absolute atomic E-state index is 0.903. The van der Waals surface area contributed by atoms with Crippen LogP contribution in [0.4, 0.5) is 0 Å². The Morgan fingerprint density at radius 2 is 2.08 bits per heavy atom. The zero-order valence-corrected chi connectivity index (χ0v) is 8.36. The maximum atomic E-state index is 4.21. The highest BCUT2D eigenvalue weighted by molar-refractivity contribution is 5.36. The van der Waals surface area contributed by atoms with Gasteiger partial charge in [-0.2, -0.15) is 5.10 Å². The number of imidazole rings is 1. The molecule has 0 bridgehead atoms. The molecule has 0 N–H and O–H groups in total. The lowest BCUT2D eigenvalue weighted by molar-refractivity contribution is 0.934. The summed E-state index contributed by atoms with van der Waals surface area (Å²) in [5.41, 5.74) is 1.90. The molecule has 70 valence electrons. The molecule has 2 aromatic rings. The van der Waals surface area contributed by atoms with Crippen molar-refractivity contribution >= 4 is 5.65 Å². The number of nitrogens with zero attached hydrogens (tertiary/aromatic N) is 3. The van der Waals surface area contributed by atoms with Crippen LogP contribution < -0.4 is 0 Å². The molecule has 0 fully saturated rings. The third kappa shape index (κ3) is 2.54. The van der Waals surface area contributed by atoms with Gasteiger partial charge in [0.1, 0.15) is 0 Å².